The van der Waals surface area contributed by atoms with E-state index in [1.807, 2.05) is 0 Å². The number of ether oxygens (including phenoxy) is 1. The van der Waals surface area contributed by atoms with Crippen molar-refractivity contribution < 1.29 is 18.3 Å². The molecule has 4 heteroatoms. The summed E-state index contributed by atoms with van der Waals surface area (Å²) in [6.07, 6.45) is -0.489. The molecular weight excluding hydrogens is 202 g/mol. The standard InChI is InChI=1S/C11H12F2O2/c1-9(14)15-8-7-11(12,13)10-5-3-2-4-6-10/h2-6H,7-8H2,1H3. The Labute approximate surface area is 86.9 Å². The van der Waals surface area contributed by atoms with Crippen molar-refractivity contribution in [1.82, 2.24) is 0 Å². The monoisotopic (exact) mass is 214 g/mol. The maximum atomic E-state index is 13.4. The number of hydrogen-bond acceptors (Lipinski definition) is 2. The first-order valence-corrected chi connectivity index (χ1v) is 4.59. The van der Waals surface area contributed by atoms with Gasteiger partial charge >= 0.3 is 5.97 Å². The van der Waals surface area contributed by atoms with Crippen molar-refractivity contribution in [2.45, 2.75) is 19.3 Å². The van der Waals surface area contributed by atoms with E-state index in [9.17, 15) is 13.6 Å². The molecule has 0 spiro atoms. The highest BCUT2D eigenvalue weighted by molar-refractivity contribution is 5.65. The first-order valence-electron chi connectivity index (χ1n) is 4.59. The summed E-state index contributed by atoms with van der Waals surface area (Å²) >= 11 is 0. The van der Waals surface area contributed by atoms with Crippen LogP contribution in [0.1, 0.15) is 18.9 Å². The molecule has 82 valence electrons. The molecule has 0 radical (unpaired) electrons. The van der Waals surface area contributed by atoms with Crippen LogP contribution in [-0.2, 0) is 15.5 Å². The van der Waals surface area contributed by atoms with Crippen molar-refractivity contribution in [3.63, 3.8) is 0 Å². The lowest BCUT2D eigenvalue weighted by Gasteiger charge is -2.16. The maximum absolute atomic E-state index is 13.4. The fourth-order valence-electron chi connectivity index (χ4n) is 1.15. The van der Waals surface area contributed by atoms with Crippen molar-refractivity contribution in [3.8, 4) is 0 Å². The molecular formula is C11H12F2O2. The molecule has 0 heterocycles. The Balaban J connectivity index is 2.56. The lowest BCUT2D eigenvalue weighted by Crippen LogP contribution is -2.17. The van der Waals surface area contributed by atoms with Gasteiger partial charge in [-0.25, -0.2) is 8.78 Å². The molecule has 0 aliphatic carbocycles. The third-order valence-electron chi connectivity index (χ3n) is 1.92. The number of benzene rings is 1. The molecule has 0 aliphatic rings. The van der Waals surface area contributed by atoms with Crippen molar-refractivity contribution in [1.29, 1.82) is 0 Å². The van der Waals surface area contributed by atoms with Gasteiger partial charge in [0, 0.05) is 12.5 Å². The Kier molecular flexibility index (Phi) is 3.77. The predicted molar refractivity (Wildman–Crippen MR) is 51.6 cm³/mol. The minimum absolute atomic E-state index is 0.0582. The van der Waals surface area contributed by atoms with Crippen molar-refractivity contribution in [2.24, 2.45) is 0 Å². The summed E-state index contributed by atoms with van der Waals surface area (Å²) in [4.78, 5) is 10.4. The number of carbonyl (C=O) groups excluding carboxylic acids is 1. The molecule has 1 aromatic rings. The van der Waals surface area contributed by atoms with Crippen LogP contribution in [-0.4, -0.2) is 12.6 Å². The van der Waals surface area contributed by atoms with E-state index in [0.717, 1.165) is 0 Å². The van der Waals surface area contributed by atoms with Crippen molar-refractivity contribution in [2.75, 3.05) is 6.61 Å². The number of rotatable bonds is 4. The van der Waals surface area contributed by atoms with Crippen LogP contribution < -0.4 is 0 Å². The van der Waals surface area contributed by atoms with Crippen LogP contribution in [0.2, 0.25) is 0 Å². The van der Waals surface area contributed by atoms with Crippen LogP contribution in [0.15, 0.2) is 30.3 Å². The molecule has 0 saturated carbocycles. The summed E-state index contributed by atoms with van der Waals surface area (Å²) in [6.45, 7) is 0.928. The summed E-state index contributed by atoms with van der Waals surface area (Å²) in [5.74, 6) is -3.49. The highest BCUT2D eigenvalue weighted by atomic mass is 19.3. The SMILES string of the molecule is CC(=O)OCCC(F)(F)c1ccccc1. The van der Waals surface area contributed by atoms with Gasteiger partial charge in [0.2, 0.25) is 0 Å². The molecule has 0 atom stereocenters. The summed E-state index contributed by atoms with van der Waals surface area (Å²) < 4.78 is 31.3. The first-order chi connectivity index (χ1) is 7.02. The first kappa shape index (κ1) is 11.6. The molecule has 0 fully saturated rings. The smallest absolute Gasteiger partial charge is 0.302 e. The van der Waals surface area contributed by atoms with Gasteiger partial charge in [-0.2, -0.15) is 0 Å². The van der Waals surface area contributed by atoms with Crippen LogP contribution in [0.5, 0.6) is 0 Å². The molecule has 15 heavy (non-hydrogen) atoms. The Morgan fingerprint density at radius 2 is 1.93 bits per heavy atom. The fraction of sp³-hybridized carbons (Fsp3) is 0.364. The zero-order valence-electron chi connectivity index (χ0n) is 8.37. The second-order valence-corrected chi connectivity index (χ2v) is 3.16. The van der Waals surface area contributed by atoms with Crippen LogP contribution >= 0.6 is 0 Å². The van der Waals surface area contributed by atoms with E-state index >= 15 is 0 Å². The predicted octanol–water partition coefficient (Wildman–Crippen LogP) is 2.73. The highest BCUT2D eigenvalue weighted by Crippen LogP contribution is 2.31. The molecule has 1 aromatic carbocycles. The minimum Gasteiger partial charge on any atom is -0.466 e. The molecule has 0 bridgehead atoms. The second kappa shape index (κ2) is 4.87. The lowest BCUT2D eigenvalue weighted by molar-refractivity contribution is -0.143. The Bertz CT molecular complexity index is 323. The van der Waals surface area contributed by atoms with E-state index in [2.05, 4.69) is 4.74 Å². The van der Waals surface area contributed by atoms with Crippen molar-refractivity contribution >= 4 is 5.97 Å². The van der Waals surface area contributed by atoms with E-state index in [-0.39, 0.29) is 12.2 Å². The number of esters is 1. The summed E-state index contributed by atoms with van der Waals surface area (Å²) in [5, 5.41) is 0. The van der Waals surface area contributed by atoms with E-state index < -0.39 is 18.3 Å². The minimum atomic E-state index is -2.95. The molecule has 0 unspecified atom stereocenters. The van der Waals surface area contributed by atoms with Gasteiger partial charge in [-0.3, -0.25) is 4.79 Å². The quantitative estimate of drug-likeness (QED) is 0.720. The van der Waals surface area contributed by atoms with E-state index in [1.165, 1.54) is 19.1 Å². The third kappa shape index (κ3) is 3.65. The largest absolute Gasteiger partial charge is 0.466 e. The molecule has 0 aromatic heterocycles. The average molecular weight is 214 g/mol. The summed E-state index contributed by atoms with van der Waals surface area (Å²) in [7, 11) is 0. The molecule has 1 rings (SSSR count). The second-order valence-electron chi connectivity index (χ2n) is 3.16. The number of hydrogen-bond donors (Lipinski definition) is 0. The average Bonchev–Trinajstić information content (AvgIpc) is 2.18. The molecule has 0 N–H and O–H groups in total. The number of alkyl halides is 2. The van der Waals surface area contributed by atoms with Gasteiger partial charge in [-0.15, -0.1) is 0 Å². The zero-order valence-corrected chi connectivity index (χ0v) is 8.37. The van der Waals surface area contributed by atoms with Gasteiger partial charge in [0.15, 0.2) is 0 Å². The molecule has 0 aliphatic heterocycles. The van der Waals surface area contributed by atoms with Crippen LogP contribution in [0, 0.1) is 0 Å². The van der Waals surface area contributed by atoms with E-state index in [1.54, 1.807) is 18.2 Å². The van der Waals surface area contributed by atoms with Gasteiger partial charge in [-0.05, 0) is 0 Å². The Morgan fingerprint density at radius 3 is 2.47 bits per heavy atom. The summed E-state index contributed by atoms with van der Waals surface area (Å²) in [5.41, 5.74) is -0.0582. The maximum Gasteiger partial charge on any atom is 0.302 e. The fourth-order valence-corrected chi connectivity index (χ4v) is 1.15. The third-order valence-corrected chi connectivity index (χ3v) is 1.92. The molecule has 0 amide bonds. The van der Waals surface area contributed by atoms with Crippen molar-refractivity contribution in [3.05, 3.63) is 35.9 Å². The molecule has 2 nitrogen and oxygen atoms in total. The Hall–Kier alpha value is -1.45. The topological polar surface area (TPSA) is 26.3 Å². The highest BCUT2D eigenvalue weighted by Gasteiger charge is 2.30. The van der Waals surface area contributed by atoms with Gasteiger partial charge in [-0.1, -0.05) is 30.3 Å². The van der Waals surface area contributed by atoms with Gasteiger partial charge < -0.3 is 4.74 Å². The molecule has 0 saturated heterocycles. The van der Waals surface area contributed by atoms with Gasteiger partial charge in [0.25, 0.3) is 5.92 Å². The Morgan fingerprint density at radius 1 is 1.33 bits per heavy atom. The normalized spacial score (nSPS) is 11.1. The summed E-state index contributed by atoms with van der Waals surface area (Å²) in [6, 6.07) is 7.48. The van der Waals surface area contributed by atoms with E-state index in [4.69, 9.17) is 0 Å². The van der Waals surface area contributed by atoms with E-state index in [0.29, 0.717) is 0 Å². The van der Waals surface area contributed by atoms with Gasteiger partial charge in [0.1, 0.15) is 0 Å². The lowest BCUT2D eigenvalue weighted by atomic mass is 10.1. The zero-order chi connectivity index (χ0) is 11.3. The van der Waals surface area contributed by atoms with Crippen LogP contribution in [0.25, 0.3) is 0 Å². The number of carbonyl (C=O) groups is 1. The van der Waals surface area contributed by atoms with Gasteiger partial charge in [0.05, 0.1) is 13.0 Å². The van der Waals surface area contributed by atoms with Crippen LogP contribution in [0.4, 0.5) is 8.78 Å². The number of halogens is 2. The van der Waals surface area contributed by atoms with Crippen LogP contribution in [0.3, 0.4) is 0 Å².